The number of hydrogen-bond acceptors (Lipinski definition) is 4. The van der Waals surface area contributed by atoms with Crippen LogP contribution < -0.4 is 4.72 Å². The molecule has 7 nitrogen and oxygen atoms in total. The SMILES string of the molecule is CCC(CC)(CNS(=O)(=O)c1cn(C)cn1)C(=O)O. The second-order valence-electron chi connectivity index (χ2n) is 4.49. The van der Waals surface area contributed by atoms with E-state index in [4.69, 9.17) is 0 Å². The lowest BCUT2D eigenvalue weighted by molar-refractivity contribution is -0.149. The molecule has 0 bridgehead atoms. The monoisotopic (exact) mass is 289 g/mol. The lowest BCUT2D eigenvalue weighted by Gasteiger charge is -2.26. The molecule has 0 aliphatic heterocycles. The Labute approximate surface area is 112 Å². The third-order valence-electron chi connectivity index (χ3n) is 3.36. The Morgan fingerprint density at radius 1 is 1.47 bits per heavy atom. The highest BCUT2D eigenvalue weighted by Gasteiger charge is 2.36. The zero-order valence-electron chi connectivity index (χ0n) is 11.3. The Morgan fingerprint density at radius 3 is 2.42 bits per heavy atom. The minimum atomic E-state index is -3.77. The third-order valence-corrected chi connectivity index (χ3v) is 4.65. The van der Waals surface area contributed by atoms with Gasteiger partial charge in [0.2, 0.25) is 0 Å². The summed E-state index contributed by atoms with van der Waals surface area (Å²) in [5, 5.41) is 9.13. The summed E-state index contributed by atoms with van der Waals surface area (Å²) >= 11 is 0. The molecule has 0 fully saturated rings. The predicted octanol–water partition coefficient (Wildman–Crippen LogP) is 0.589. The fourth-order valence-electron chi connectivity index (χ4n) is 1.71. The number of sulfonamides is 1. The van der Waals surface area contributed by atoms with Gasteiger partial charge < -0.3 is 9.67 Å². The van der Waals surface area contributed by atoms with Gasteiger partial charge in [0.05, 0.1) is 11.7 Å². The topological polar surface area (TPSA) is 101 Å². The molecule has 108 valence electrons. The van der Waals surface area contributed by atoms with E-state index in [9.17, 15) is 18.3 Å². The maximum absolute atomic E-state index is 12.0. The molecule has 2 N–H and O–H groups in total. The van der Waals surface area contributed by atoms with Crippen molar-refractivity contribution in [2.75, 3.05) is 6.54 Å². The number of imidazole rings is 1. The summed E-state index contributed by atoms with van der Waals surface area (Å²) in [5.41, 5.74) is -1.08. The molecular formula is C11H19N3O4S. The Balaban J connectivity index is 2.88. The van der Waals surface area contributed by atoms with E-state index < -0.39 is 21.4 Å². The molecule has 1 rings (SSSR count). The first kappa shape index (κ1) is 15.6. The predicted molar refractivity (Wildman–Crippen MR) is 69.0 cm³/mol. The first-order chi connectivity index (χ1) is 8.77. The Morgan fingerprint density at radius 2 is 2.05 bits per heavy atom. The van der Waals surface area contributed by atoms with Crippen LogP contribution in [0.5, 0.6) is 0 Å². The molecule has 0 aliphatic rings. The number of rotatable bonds is 7. The van der Waals surface area contributed by atoms with Crippen LogP contribution in [0, 0.1) is 5.41 Å². The number of carbonyl (C=O) groups is 1. The van der Waals surface area contributed by atoms with Crippen LogP contribution in [0.2, 0.25) is 0 Å². The number of carboxylic acid groups (broad SMARTS) is 1. The second-order valence-corrected chi connectivity index (χ2v) is 6.21. The molecule has 1 aromatic rings. The fourth-order valence-corrected chi connectivity index (χ4v) is 2.82. The van der Waals surface area contributed by atoms with Crippen LogP contribution in [0.3, 0.4) is 0 Å². The van der Waals surface area contributed by atoms with E-state index in [0.717, 1.165) is 0 Å². The molecule has 0 aromatic carbocycles. The quantitative estimate of drug-likeness (QED) is 0.765. The lowest BCUT2D eigenvalue weighted by Crippen LogP contribution is -2.42. The average molecular weight is 289 g/mol. The van der Waals surface area contributed by atoms with Gasteiger partial charge in [-0.2, -0.15) is 0 Å². The van der Waals surface area contributed by atoms with Crippen LogP contribution in [0.1, 0.15) is 26.7 Å². The van der Waals surface area contributed by atoms with Gasteiger partial charge in [-0.1, -0.05) is 13.8 Å². The van der Waals surface area contributed by atoms with E-state index in [1.54, 1.807) is 20.9 Å². The van der Waals surface area contributed by atoms with Crippen LogP contribution in [-0.2, 0) is 21.9 Å². The lowest BCUT2D eigenvalue weighted by atomic mass is 9.83. The molecule has 1 aromatic heterocycles. The van der Waals surface area contributed by atoms with Gasteiger partial charge in [-0.05, 0) is 12.8 Å². The van der Waals surface area contributed by atoms with Crippen molar-refractivity contribution >= 4 is 16.0 Å². The van der Waals surface area contributed by atoms with E-state index in [1.165, 1.54) is 17.1 Å². The van der Waals surface area contributed by atoms with Crippen LogP contribution in [0.4, 0.5) is 0 Å². The zero-order valence-corrected chi connectivity index (χ0v) is 12.1. The molecule has 0 radical (unpaired) electrons. The smallest absolute Gasteiger partial charge is 0.310 e. The minimum Gasteiger partial charge on any atom is -0.481 e. The summed E-state index contributed by atoms with van der Waals surface area (Å²) in [4.78, 5) is 15.0. The third kappa shape index (κ3) is 3.32. The first-order valence-corrected chi connectivity index (χ1v) is 7.46. The van der Waals surface area contributed by atoms with E-state index >= 15 is 0 Å². The number of carboxylic acids is 1. The number of hydrogen-bond donors (Lipinski definition) is 2. The molecule has 0 spiro atoms. The normalized spacial score (nSPS) is 12.6. The molecule has 0 atom stereocenters. The fraction of sp³-hybridized carbons (Fsp3) is 0.636. The van der Waals surface area contributed by atoms with Crippen LogP contribution in [-0.4, -0.2) is 35.6 Å². The van der Waals surface area contributed by atoms with E-state index in [1.807, 2.05) is 0 Å². The van der Waals surface area contributed by atoms with E-state index in [0.29, 0.717) is 12.8 Å². The summed E-state index contributed by atoms with van der Waals surface area (Å²) in [6.45, 7) is 3.31. The van der Waals surface area contributed by atoms with Gasteiger partial charge in [-0.25, -0.2) is 18.1 Å². The summed E-state index contributed by atoms with van der Waals surface area (Å²) in [7, 11) is -2.11. The molecule has 0 aliphatic carbocycles. The van der Waals surface area contributed by atoms with Gasteiger partial charge >= 0.3 is 5.97 Å². The van der Waals surface area contributed by atoms with E-state index in [2.05, 4.69) is 9.71 Å². The van der Waals surface area contributed by atoms with Gasteiger partial charge in [0, 0.05) is 19.8 Å². The molecule has 1 heterocycles. The number of nitrogens with zero attached hydrogens (tertiary/aromatic N) is 2. The van der Waals surface area contributed by atoms with Crippen molar-refractivity contribution in [2.45, 2.75) is 31.7 Å². The largest absolute Gasteiger partial charge is 0.481 e. The molecule has 8 heteroatoms. The van der Waals surface area contributed by atoms with Crippen LogP contribution in [0.25, 0.3) is 0 Å². The molecular weight excluding hydrogens is 270 g/mol. The summed E-state index contributed by atoms with van der Waals surface area (Å²) < 4.78 is 27.8. The highest BCUT2D eigenvalue weighted by Crippen LogP contribution is 2.26. The Bertz CT molecular complexity index is 546. The number of aromatic nitrogens is 2. The van der Waals surface area contributed by atoms with Gasteiger partial charge in [0.1, 0.15) is 0 Å². The zero-order chi connectivity index (χ0) is 14.7. The molecule has 19 heavy (non-hydrogen) atoms. The summed E-state index contributed by atoms with van der Waals surface area (Å²) in [6.07, 6.45) is 3.44. The van der Waals surface area contributed by atoms with Crippen molar-refractivity contribution in [1.82, 2.24) is 14.3 Å². The Kier molecular flexibility index (Phi) is 4.70. The highest BCUT2D eigenvalue weighted by atomic mass is 32.2. The van der Waals surface area contributed by atoms with Crippen LogP contribution in [0.15, 0.2) is 17.6 Å². The molecule has 0 amide bonds. The summed E-state index contributed by atoms with van der Waals surface area (Å²) in [6, 6.07) is 0. The first-order valence-electron chi connectivity index (χ1n) is 5.98. The maximum atomic E-state index is 12.0. The van der Waals surface area contributed by atoms with Gasteiger partial charge in [0.15, 0.2) is 5.03 Å². The highest BCUT2D eigenvalue weighted by molar-refractivity contribution is 7.89. The van der Waals surface area contributed by atoms with Crippen molar-refractivity contribution in [2.24, 2.45) is 12.5 Å². The van der Waals surface area contributed by atoms with E-state index in [-0.39, 0.29) is 11.6 Å². The van der Waals surface area contributed by atoms with Crippen molar-refractivity contribution in [3.05, 3.63) is 12.5 Å². The summed E-state index contributed by atoms with van der Waals surface area (Å²) in [5.74, 6) is -0.999. The molecule has 0 saturated heterocycles. The molecule has 0 unspecified atom stereocenters. The van der Waals surface area contributed by atoms with Gasteiger partial charge in [0.25, 0.3) is 10.0 Å². The minimum absolute atomic E-state index is 0.110. The van der Waals surface area contributed by atoms with Gasteiger partial charge in [-0.15, -0.1) is 0 Å². The van der Waals surface area contributed by atoms with Crippen molar-refractivity contribution in [3.8, 4) is 0 Å². The number of aryl methyl sites for hydroxylation is 1. The van der Waals surface area contributed by atoms with Crippen molar-refractivity contribution in [3.63, 3.8) is 0 Å². The van der Waals surface area contributed by atoms with Gasteiger partial charge in [-0.3, -0.25) is 4.79 Å². The molecule has 0 saturated carbocycles. The maximum Gasteiger partial charge on any atom is 0.310 e. The number of aliphatic carboxylic acids is 1. The average Bonchev–Trinajstić information content (AvgIpc) is 2.78. The standard InChI is InChI=1S/C11H19N3O4S/c1-4-11(5-2,10(15)16)7-13-19(17,18)9-6-14(3)8-12-9/h6,8,13H,4-5,7H2,1-3H3,(H,15,16). The number of nitrogens with one attached hydrogen (secondary N) is 1. The second kappa shape index (κ2) is 5.70. The Hall–Kier alpha value is -1.41. The van der Waals surface area contributed by atoms with Crippen LogP contribution >= 0.6 is 0 Å². The van der Waals surface area contributed by atoms with Crippen molar-refractivity contribution < 1.29 is 18.3 Å². The van der Waals surface area contributed by atoms with Crippen molar-refractivity contribution in [1.29, 1.82) is 0 Å².